The molecule has 0 aromatic heterocycles. The number of para-hydroxylation sites is 1. The van der Waals surface area contributed by atoms with Gasteiger partial charge in [-0.2, -0.15) is 0 Å². The van der Waals surface area contributed by atoms with Crippen molar-refractivity contribution in [3.05, 3.63) is 57.6 Å². The summed E-state index contributed by atoms with van der Waals surface area (Å²) in [4.78, 5) is 0. The summed E-state index contributed by atoms with van der Waals surface area (Å²) in [5, 5.41) is 8.00. The van der Waals surface area contributed by atoms with Gasteiger partial charge in [0, 0.05) is 21.4 Å². The van der Waals surface area contributed by atoms with E-state index in [0.29, 0.717) is 15.2 Å². The van der Waals surface area contributed by atoms with Crippen LogP contribution >= 0.6 is 35.4 Å². The van der Waals surface area contributed by atoms with E-state index >= 15 is 0 Å². The topological polar surface area (TPSA) is 24.1 Å². The lowest BCUT2D eigenvalue weighted by Gasteiger charge is -2.16. The Kier molecular flexibility index (Phi) is 5.45. The summed E-state index contributed by atoms with van der Waals surface area (Å²) in [5.74, 6) is 0. The number of thiocarbonyl (C=S) groups is 1. The Morgan fingerprint density at radius 2 is 1.76 bits per heavy atom. The molecule has 0 unspecified atom stereocenters. The third-order valence-corrected chi connectivity index (χ3v) is 3.74. The quantitative estimate of drug-likeness (QED) is 0.704. The van der Waals surface area contributed by atoms with E-state index in [9.17, 15) is 0 Å². The molecule has 0 atom stereocenters. The molecule has 21 heavy (non-hydrogen) atoms. The predicted molar refractivity (Wildman–Crippen MR) is 96.9 cm³/mol. The smallest absolute Gasteiger partial charge is 0.175 e. The average Bonchev–Trinajstić information content (AvgIpc) is 2.39. The van der Waals surface area contributed by atoms with Gasteiger partial charge in [-0.3, -0.25) is 0 Å². The molecule has 110 valence electrons. The van der Waals surface area contributed by atoms with Crippen LogP contribution in [0.1, 0.15) is 18.1 Å². The lowest BCUT2D eigenvalue weighted by Crippen LogP contribution is -2.20. The van der Waals surface area contributed by atoms with Crippen molar-refractivity contribution in [2.24, 2.45) is 0 Å². The number of rotatable bonds is 3. The van der Waals surface area contributed by atoms with E-state index in [-0.39, 0.29) is 0 Å². The molecule has 2 nitrogen and oxygen atoms in total. The molecule has 0 aliphatic heterocycles. The maximum absolute atomic E-state index is 5.98. The van der Waals surface area contributed by atoms with Crippen LogP contribution in [0.3, 0.4) is 0 Å². The summed E-state index contributed by atoms with van der Waals surface area (Å²) in [6.45, 7) is 4.17. The number of aryl methyl sites for hydroxylation is 2. The van der Waals surface area contributed by atoms with E-state index in [4.69, 9.17) is 35.4 Å². The molecule has 0 bridgehead atoms. The molecule has 0 radical (unpaired) electrons. The van der Waals surface area contributed by atoms with E-state index in [1.165, 1.54) is 5.56 Å². The summed E-state index contributed by atoms with van der Waals surface area (Å²) >= 11 is 17.3. The van der Waals surface area contributed by atoms with Crippen LogP contribution in [0, 0.1) is 6.92 Å². The van der Waals surface area contributed by atoms with Gasteiger partial charge in [-0.1, -0.05) is 48.3 Å². The molecule has 0 aliphatic rings. The van der Waals surface area contributed by atoms with Crippen molar-refractivity contribution in [1.29, 1.82) is 0 Å². The minimum absolute atomic E-state index is 0.511. The second-order valence-corrected chi connectivity index (χ2v) is 5.98. The van der Waals surface area contributed by atoms with E-state index in [1.54, 1.807) is 18.2 Å². The third-order valence-electron chi connectivity index (χ3n) is 3.10. The Bertz CT molecular complexity index is 651. The zero-order chi connectivity index (χ0) is 15.4. The molecule has 0 amide bonds. The summed E-state index contributed by atoms with van der Waals surface area (Å²) in [6.07, 6.45) is 0.940. The Balaban J connectivity index is 2.15. The Labute approximate surface area is 140 Å². The maximum Gasteiger partial charge on any atom is 0.175 e. The van der Waals surface area contributed by atoms with Gasteiger partial charge >= 0.3 is 0 Å². The van der Waals surface area contributed by atoms with E-state index < -0.39 is 0 Å². The number of halogens is 2. The van der Waals surface area contributed by atoms with Crippen molar-refractivity contribution in [1.82, 2.24) is 0 Å². The highest BCUT2D eigenvalue weighted by Gasteiger charge is 2.07. The van der Waals surface area contributed by atoms with E-state index in [1.807, 2.05) is 6.07 Å². The van der Waals surface area contributed by atoms with Crippen molar-refractivity contribution in [2.45, 2.75) is 20.3 Å². The molecular weight excluding hydrogens is 323 g/mol. The molecule has 2 aromatic carbocycles. The summed E-state index contributed by atoms with van der Waals surface area (Å²) in [5.41, 5.74) is 4.19. The van der Waals surface area contributed by atoms with Gasteiger partial charge in [-0.05, 0) is 54.9 Å². The zero-order valence-electron chi connectivity index (χ0n) is 11.8. The molecule has 0 saturated carbocycles. The highest BCUT2D eigenvalue weighted by atomic mass is 35.5. The number of hydrogen-bond donors (Lipinski definition) is 2. The van der Waals surface area contributed by atoms with Crippen LogP contribution in [0.2, 0.25) is 10.0 Å². The second-order valence-electron chi connectivity index (χ2n) is 4.70. The molecule has 2 N–H and O–H groups in total. The number of anilines is 2. The molecule has 0 fully saturated rings. The number of hydrogen-bond acceptors (Lipinski definition) is 1. The SMILES string of the molecule is CCc1cccc(C)c1NC(=S)Nc1cc(Cl)cc(Cl)c1. The molecule has 0 heterocycles. The zero-order valence-corrected chi connectivity index (χ0v) is 14.2. The van der Waals surface area contributed by atoms with Gasteiger partial charge in [0.1, 0.15) is 0 Å². The minimum Gasteiger partial charge on any atom is -0.332 e. The van der Waals surface area contributed by atoms with Gasteiger partial charge in [0.25, 0.3) is 0 Å². The maximum atomic E-state index is 5.98. The van der Waals surface area contributed by atoms with Crippen LogP contribution in [-0.4, -0.2) is 5.11 Å². The predicted octanol–water partition coefficient (Wildman–Crippen LogP) is 5.67. The first-order valence-corrected chi connectivity index (χ1v) is 7.78. The highest BCUT2D eigenvalue weighted by Crippen LogP contribution is 2.24. The van der Waals surface area contributed by atoms with E-state index in [2.05, 4.69) is 36.6 Å². The first-order chi connectivity index (χ1) is 9.99. The monoisotopic (exact) mass is 338 g/mol. The molecule has 0 aliphatic carbocycles. The lowest BCUT2D eigenvalue weighted by atomic mass is 10.1. The fourth-order valence-electron chi connectivity index (χ4n) is 2.10. The van der Waals surface area contributed by atoms with Crippen molar-refractivity contribution < 1.29 is 0 Å². The van der Waals surface area contributed by atoms with Gasteiger partial charge in [0.15, 0.2) is 5.11 Å². The molecule has 2 rings (SSSR count). The molecule has 0 spiro atoms. The Morgan fingerprint density at radius 3 is 2.38 bits per heavy atom. The number of benzene rings is 2. The molecular formula is C16H16Cl2N2S. The number of nitrogens with one attached hydrogen (secondary N) is 2. The van der Waals surface area contributed by atoms with Crippen molar-refractivity contribution in [2.75, 3.05) is 10.6 Å². The summed E-state index contributed by atoms with van der Waals surface area (Å²) in [7, 11) is 0. The van der Waals surface area contributed by atoms with Crippen molar-refractivity contribution in [3.8, 4) is 0 Å². The standard InChI is InChI=1S/C16H16Cl2N2S/c1-3-11-6-4-5-10(2)15(11)20-16(21)19-14-8-12(17)7-13(18)9-14/h4-9H,3H2,1-2H3,(H2,19,20,21). The van der Waals surface area contributed by atoms with Gasteiger partial charge in [-0.15, -0.1) is 0 Å². The Hall–Kier alpha value is -1.29. The fraction of sp³-hybridized carbons (Fsp3) is 0.188. The second kappa shape index (κ2) is 7.12. The molecule has 2 aromatic rings. The lowest BCUT2D eigenvalue weighted by molar-refractivity contribution is 1.13. The van der Waals surface area contributed by atoms with Crippen LogP contribution in [0.15, 0.2) is 36.4 Å². The van der Waals surface area contributed by atoms with Crippen LogP contribution < -0.4 is 10.6 Å². The first kappa shape index (κ1) is 16.1. The van der Waals surface area contributed by atoms with Crippen LogP contribution in [0.25, 0.3) is 0 Å². The van der Waals surface area contributed by atoms with E-state index in [0.717, 1.165) is 23.4 Å². The van der Waals surface area contributed by atoms with Crippen molar-refractivity contribution in [3.63, 3.8) is 0 Å². The fourth-order valence-corrected chi connectivity index (χ4v) is 2.85. The van der Waals surface area contributed by atoms with Gasteiger partial charge < -0.3 is 10.6 Å². The third kappa shape index (κ3) is 4.34. The van der Waals surface area contributed by atoms with Gasteiger partial charge in [-0.25, -0.2) is 0 Å². The average molecular weight is 339 g/mol. The first-order valence-electron chi connectivity index (χ1n) is 6.62. The molecule has 5 heteroatoms. The van der Waals surface area contributed by atoms with Crippen LogP contribution in [0.4, 0.5) is 11.4 Å². The Morgan fingerprint density at radius 1 is 1.10 bits per heavy atom. The van der Waals surface area contributed by atoms with Crippen LogP contribution in [0.5, 0.6) is 0 Å². The summed E-state index contributed by atoms with van der Waals surface area (Å²) < 4.78 is 0. The minimum atomic E-state index is 0.511. The largest absolute Gasteiger partial charge is 0.332 e. The highest BCUT2D eigenvalue weighted by molar-refractivity contribution is 7.80. The van der Waals surface area contributed by atoms with Gasteiger partial charge in [0.05, 0.1) is 0 Å². The van der Waals surface area contributed by atoms with Crippen LogP contribution in [-0.2, 0) is 6.42 Å². The molecule has 0 saturated heterocycles. The van der Waals surface area contributed by atoms with Crippen molar-refractivity contribution >= 4 is 51.9 Å². The normalized spacial score (nSPS) is 10.3. The summed E-state index contributed by atoms with van der Waals surface area (Å²) in [6, 6.07) is 11.4. The van der Waals surface area contributed by atoms with Gasteiger partial charge in [0.2, 0.25) is 0 Å².